The van der Waals surface area contributed by atoms with Gasteiger partial charge in [-0.05, 0) is 44.5 Å². The number of nitrogens with two attached hydrogens (primary N) is 1. The van der Waals surface area contributed by atoms with Crippen molar-refractivity contribution >= 4 is 39.9 Å². The van der Waals surface area contributed by atoms with Crippen LogP contribution in [-0.2, 0) is 19.6 Å². The molecule has 0 aliphatic carbocycles. The molecule has 0 saturated carbocycles. The summed E-state index contributed by atoms with van der Waals surface area (Å²) in [7, 11) is -3.84. The van der Waals surface area contributed by atoms with Crippen LogP contribution in [0.4, 0.5) is 5.69 Å². The highest BCUT2D eigenvalue weighted by Crippen LogP contribution is 2.14. The van der Waals surface area contributed by atoms with Crippen LogP contribution in [0.3, 0.4) is 0 Å². The minimum atomic E-state index is -3.84. The van der Waals surface area contributed by atoms with Crippen molar-refractivity contribution in [3.63, 3.8) is 0 Å². The SMILES string of the molecule is CC(=O)Nc1ccc(S(=O)(=O)NC(C)C(=O)NCCC(C)N)cc1.Cl. The third kappa shape index (κ3) is 8.30. The van der Waals surface area contributed by atoms with Gasteiger partial charge in [-0.3, -0.25) is 9.59 Å². The zero-order valence-corrected chi connectivity index (χ0v) is 16.0. The Labute approximate surface area is 154 Å². The van der Waals surface area contributed by atoms with Gasteiger partial charge in [0, 0.05) is 25.2 Å². The summed E-state index contributed by atoms with van der Waals surface area (Å²) in [6, 6.07) is 4.70. The molecule has 0 aliphatic heterocycles. The second-order valence-electron chi connectivity index (χ2n) is 5.61. The highest BCUT2D eigenvalue weighted by atomic mass is 35.5. The largest absolute Gasteiger partial charge is 0.355 e. The van der Waals surface area contributed by atoms with Gasteiger partial charge in [0.15, 0.2) is 0 Å². The van der Waals surface area contributed by atoms with E-state index in [0.717, 1.165) is 0 Å². The summed E-state index contributed by atoms with van der Waals surface area (Å²) >= 11 is 0. The van der Waals surface area contributed by atoms with Gasteiger partial charge in [0.2, 0.25) is 21.8 Å². The summed E-state index contributed by atoms with van der Waals surface area (Å²) in [5.41, 5.74) is 6.07. The van der Waals surface area contributed by atoms with Crippen molar-refractivity contribution in [3.8, 4) is 0 Å². The lowest BCUT2D eigenvalue weighted by Gasteiger charge is -2.15. The quantitative estimate of drug-likeness (QED) is 0.514. The van der Waals surface area contributed by atoms with Crippen molar-refractivity contribution in [2.24, 2.45) is 5.73 Å². The number of amides is 2. The fraction of sp³-hybridized carbons (Fsp3) is 0.467. The molecule has 0 fully saturated rings. The van der Waals surface area contributed by atoms with E-state index in [0.29, 0.717) is 18.7 Å². The van der Waals surface area contributed by atoms with Crippen LogP contribution >= 0.6 is 12.4 Å². The number of carbonyl (C=O) groups is 2. The smallest absolute Gasteiger partial charge is 0.241 e. The topological polar surface area (TPSA) is 130 Å². The molecule has 25 heavy (non-hydrogen) atoms. The van der Waals surface area contributed by atoms with E-state index in [1.165, 1.54) is 38.1 Å². The fourth-order valence-corrected chi connectivity index (χ4v) is 3.05. The molecular formula is C15H25ClN4O4S. The Kier molecular flexibility index (Phi) is 9.65. The molecule has 0 radical (unpaired) electrons. The highest BCUT2D eigenvalue weighted by Gasteiger charge is 2.21. The summed E-state index contributed by atoms with van der Waals surface area (Å²) < 4.78 is 26.8. The maximum atomic E-state index is 12.3. The molecule has 1 aromatic carbocycles. The molecule has 2 atom stereocenters. The Morgan fingerprint density at radius 3 is 2.20 bits per heavy atom. The average Bonchev–Trinajstić information content (AvgIpc) is 2.46. The molecule has 5 N–H and O–H groups in total. The zero-order chi connectivity index (χ0) is 18.3. The van der Waals surface area contributed by atoms with Crippen molar-refractivity contribution in [2.45, 2.75) is 44.2 Å². The maximum Gasteiger partial charge on any atom is 0.241 e. The van der Waals surface area contributed by atoms with E-state index >= 15 is 0 Å². The molecule has 0 bridgehead atoms. The molecule has 8 nitrogen and oxygen atoms in total. The molecule has 1 aromatic rings. The third-order valence-electron chi connectivity index (χ3n) is 3.11. The van der Waals surface area contributed by atoms with Crippen molar-refractivity contribution in [1.29, 1.82) is 0 Å². The van der Waals surface area contributed by atoms with E-state index in [1.54, 1.807) is 0 Å². The van der Waals surface area contributed by atoms with Gasteiger partial charge in [0.25, 0.3) is 0 Å². The number of benzene rings is 1. The lowest BCUT2D eigenvalue weighted by molar-refractivity contribution is -0.122. The summed E-state index contributed by atoms with van der Waals surface area (Å²) in [4.78, 5) is 22.8. The highest BCUT2D eigenvalue weighted by molar-refractivity contribution is 7.89. The van der Waals surface area contributed by atoms with Gasteiger partial charge in [0.1, 0.15) is 0 Å². The number of carbonyl (C=O) groups excluding carboxylic acids is 2. The number of hydrogen-bond donors (Lipinski definition) is 4. The number of rotatable bonds is 8. The minimum Gasteiger partial charge on any atom is -0.355 e. The molecular weight excluding hydrogens is 368 g/mol. The van der Waals surface area contributed by atoms with Crippen LogP contribution in [0.15, 0.2) is 29.2 Å². The van der Waals surface area contributed by atoms with Crippen LogP contribution < -0.4 is 21.1 Å². The first-order valence-electron chi connectivity index (χ1n) is 7.55. The molecule has 1 rings (SSSR count). The third-order valence-corrected chi connectivity index (χ3v) is 4.67. The summed E-state index contributed by atoms with van der Waals surface area (Å²) in [6.07, 6.45) is 0.607. The van der Waals surface area contributed by atoms with Gasteiger partial charge < -0.3 is 16.4 Å². The number of nitrogens with one attached hydrogen (secondary N) is 3. The molecule has 2 unspecified atom stereocenters. The predicted octanol–water partition coefficient (Wildman–Crippen LogP) is 0.587. The van der Waals surface area contributed by atoms with Gasteiger partial charge in [-0.1, -0.05) is 0 Å². The molecule has 10 heteroatoms. The van der Waals surface area contributed by atoms with E-state index in [-0.39, 0.29) is 29.3 Å². The van der Waals surface area contributed by atoms with E-state index < -0.39 is 22.0 Å². The summed E-state index contributed by atoms with van der Waals surface area (Å²) in [5, 5.41) is 5.17. The molecule has 0 saturated heterocycles. The second-order valence-corrected chi connectivity index (χ2v) is 7.32. The van der Waals surface area contributed by atoms with Crippen molar-refractivity contribution in [1.82, 2.24) is 10.0 Å². The summed E-state index contributed by atoms with van der Waals surface area (Å²) in [6.45, 7) is 5.03. The first kappa shape index (κ1) is 23.3. The van der Waals surface area contributed by atoms with Crippen LogP contribution in [-0.4, -0.2) is 38.9 Å². The Morgan fingerprint density at radius 1 is 1.16 bits per heavy atom. The van der Waals surface area contributed by atoms with Gasteiger partial charge in [-0.15, -0.1) is 12.4 Å². The Balaban J connectivity index is 0.00000576. The maximum absolute atomic E-state index is 12.3. The number of halogens is 1. The van der Waals surface area contributed by atoms with Gasteiger partial charge in [0.05, 0.1) is 10.9 Å². The fourth-order valence-electron chi connectivity index (χ4n) is 1.85. The predicted molar refractivity (Wildman–Crippen MR) is 99.1 cm³/mol. The monoisotopic (exact) mass is 392 g/mol. The van der Waals surface area contributed by atoms with E-state index in [1.807, 2.05) is 6.92 Å². The molecule has 0 heterocycles. The average molecular weight is 393 g/mol. The minimum absolute atomic E-state index is 0. The van der Waals surface area contributed by atoms with E-state index in [2.05, 4.69) is 15.4 Å². The first-order valence-corrected chi connectivity index (χ1v) is 9.03. The van der Waals surface area contributed by atoms with Gasteiger partial charge >= 0.3 is 0 Å². The summed E-state index contributed by atoms with van der Waals surface area (Å²) in [5.74, 6) is -0.671. The van der Waals surface area contributed by atoms with Crippen molar-refractivity contribution in [2.75, 3.05) is 11.9 Å². The second kappa shape index (κ2) is 10.3. The molecule has 0 aromatic heterocycles. The van der Waals surface area contributed by atoms with E-state index in [4.69, 9.17) is 5.73 Å². The lowest BCUT2D eigenvalue weighted by atomic mass is 10.2. The first-order chi connectivity index (χ1) is 11.1. The lowest BCUT2D eigenvalue weighted by Crippen LogP contribution is -2.45. The van der Waals surface area contributed by atoms with Crippen LogP contribution in [0.2, 0.25) is 0 Å². The number of anilines is 1. The van der Waals surface area contributed by atoms with Crippen LogP contribution in [0.5, 0.6) is 0 Å². The van der Waals surface area contributed by atoms with Crippen molar-refractivity contribution < 1.29 is 18.0 Å². The Bertz CT molecular complexity index is 677. The van der Waals surface area contributed by atoms with Gasteiger partial charge in [-0.25, -0.2) is 8.42 Å². The van der Waals surface area contributed by atoms with Crippen LogP contribution in [0.1, 0.15) is 27.2 Å². The number of sulfonamides is 1. The molecule has 142 valence electrons. The Morgan fingerprint density at radius 2 is 1.72 bits per heavy atom. The van der Waals surface area contributed by atoms with Gasteiger partial charge in [-0.2, -0.15) is 4.72 Å². The van der Waals surface area contributed by atoms with Crippen LogP contribution in [0.25, 0.3) is 0 Å². The number of hydrogen-bond acceptors (Lipinski definition) is 5. The molecule has 0 aliphatic rings. The normalized spacial score (nSPS) is 13.3. The zero-order valence-electron chi connectivity index (χ0n) is 14.4. The molecule has 0 spiro atoms. The van der Waals surface area contributed by atoms with E-state index in [9.17, 15) is 18.0 Å². The van der Waals surface area contributed by atoms with Crippen molar-refractivity contribution in [3.05, 3.63) is 24.3 Å². The molecule has 2 amide bonds. The standard InChI is InChI=1S/C15H24N4O4S.ClH/c1-10(16)8-9-17-15(21)11(2)19-24(22,23)14-6-4-13(5-7-14)18-12(3)20;/h4-7,10-11,19H,8-9,16H2,1-3H3,(H,17,21)(H,18,20);1H. The Hall–Kier alpha value is -1.68. The van der Waals surface area contributed by atoms with Crippen LogP contribution in [0, 0.1) is 0 Å².